The van der Waals surface area contributed by atoms with Crippen LogP contribution in [0.5, 0.6) is 0 Å². The lowest BCUT2D eigenvalue weighted by Gasteiger charge is -2.22. The van der Waals surface area contributed by atoms with Crippen molar-refractivity contribution in [1.82, 2.24) is 4.72 Å². The zero-order chi connectivity index (χ0) is 14.0. The fourth-order valence-corrected chi connectivity index (χ4v) is 2.45. The van der Waals surface area contributed by atoms with Crippen molar-refractivity contribution in [3.05, 3.63) is 29.8 Å². The van der Waals surface area contributed by atoms with Gasteiger partial charge in [0, 0.05) is 6.54 Å². The van der Waals surface area contributed by atoms with Crippen molar-refractivity contribution in [2.75, 3.05) is 13.1 Å². The van der Waals surface area contributed by atoms with Crippen molar-refractivity contribution in [3.63, 3.8) is 0 Å². The number of hydrogen-bond acceptors (Lipinski definition) is 3. The molecule has 1 aromatic rings. The molecule has 1 aromatic carbocycles. The molecule has 0 saturated carbocycles. The van der Waals surface area contributed by atoms with Gasteiger partial charge < -0.3 is 5.73 Å². The van der Waals surface area contributed by atoms with Gasteiger partial charge in [0.25, 0.3) is 0 Å². The van der Waals surface area contributed by atoms with Crippen molar-refractivity contribution in [3.8, 4) is 0 Å². The minimum atomic E-state index is -4.08. The maximum Gasteiger partial charge on any atom is 0.243 e. The van der Waals surface area contributed by atoms with E-state index in [0.717, 1.165) is 12.1 Å². The molecule has 0 spiro atoms. The monoisotopic (exact) mass is 278 g/mol. The molecule has 0 unspecified atom stereocenters. The molecule has 0 atom stereocenters. The van der Waals surface area contributed by atoms with Gasteiger partial charge in [-0.05, 0) is 30.2 Å². The highest BCUT2D eigenvalue weighted by molar-refractivity contribution is 7.89. The Morgan fingerprint density at radius 1 is 1.33 bits per heavy atom. The van der Waals surface area contributed by atoms with E-state index in [4.69, 9.17) is 5.73 Å². The summed E-state index contributed by atoms with van der Waals surface area (Å²) < 4.78 is 52.1. The van der Waals surface area contributed by atoms with Crippen LogP contribution in [-0.4, -0.2) is 21.5 Å². The van der Waals surface area contributed by atoms with E-state index in [-0.39, 0.29) is 13.1 Å². The van der Waals surface area contributed by atoms with Crippen LogP contribution in [0.2, 0.25) is 0 Å². The van der Waals surface area contributed by atoms with Crippen LogP contribution in [0, 0.1) is 17.0 Å². The molecule has 7 heteroatoms. The number of benzene rings is 1. The highest BCUT2D eigenvalue weighted by atomic mass is 32.2. The second-order valence-corrected chi connectivity index (χ2v) is 6.50. The number of halogens is 2. The van der Waals surface area contributed by atoms with Crippen LogP contribution in [0.15, 0.2) is 23.1 Å². The Labute approximate surface area is 105 Å². The Hall–Kier alpha value is -1.05. The van der Waals surface area contributed by atoms with Crippen LogP contribution in [0.25, 0.3) is 0 Å². The largest absolute Gasteiger partial charge is 0.330 e. The lowest BCUT2D eigenvalue weighted by Crippen LogP contribution is -2.38. The second-order valence-electron chi connectivity index (χ2n) is 4.77. The molecule has 102 valence electrons. The third-order valence-corrected chi connectivity index (χ3v) is 3.89. The molecule has 18 heavy (non-hydrogen) atoms. The van der Waals surface area contributed by atoms with Gasteiger partial charge in [0.2, 0.25) is 10.0 Å². The van der Waals surface area contributed by atoms with Crippen LogP contribution in [0.4, 0.5) is 8.78 Å². The zero-order valence-corrected chi connectivity index (χ0v) is 11.0. The summed E-state index contributed by atoms with van der Waals surface area (Å²) in [6.45, 7) is 3.83. The number of nitrogens with one attached hydrogen (secondary N) is 1. The first-order chi connectivity index (χ1) is 8.18. The lowest BCUT2D eigenvalue weighted by molar-refractivity contribution is 0.375. The first kappa shape index (κ1) is 15.0. The predicted octanol–water partition coefficient (Wildman–Crippen LogP) is 1.23. The zero-order valence-electron chi connectivity index (χ0n) is 10.2. The third-order valence-electron chi connectivity index (χ3n) is 2.48. The van der Waals surface area contributed by atoms with E-state index in [1.54, 1.807) is 13.8 Å². The van der Waals surface area contributed by atoms with Crippen LogP contribution < -0.4 is 10.5 Å². The number of hydrogen-bond donors (Lipinski definition) is 2. The molecule has 0 aliphatic carbocycles. The van der Waals surface area contributed by atoms with Crippen LogP contribution >= 0.6 is 0 Å². The summed E-state index contributed by atoms with van der Waals surface area (Å²) >= 11 is 0. The van der Waals surface area contributed by atoms with Gasteiger partial charge in [0.15, 0.2) is 0 Å². The van der Waals surface area contributed by atoms with Crippen LogP contribution in [0.1, 0.15) is 13.8 Å². The Morgan fingerprint density at radius 3 is 2.50 bits per heavy atom. The fraction of sp³-hybridized carbons (Fsp3) is 0.455. The Bertz CT molecular complexity index is 530. The van der Waals surface area contributed by atoms with Crippen LogP contribution in [0.3, 0.4) is 0 Å². The minimum absolute atomic E-state index is 0.0434. The van der Waals surface area contributed by atoms with Gasteiger partial charge in [0.05, 0.1) is 0 Å². The molecule has 0 aromatic heterocycles. The Morgan fingerprint density at radius 2 is 1.94 bits per heavy atom. The summed E-state index contributed by atoms with van der Waals surface area (Å²) in [7, 11) is -4.08. The maximum atomic E-state index is 13.4. The van der Waals surface area contributed by atoms with Crippen molar-refractivity contribution in [2.45, 2.75) is 18.7 Å². The van der Waals surface area contributed by atoms with Gasteiger partial charge in [-0.25, -0.2) is 21.9 Å². The molecule has 0 aliphatic rings. The molecule has 0 amide bonds. The molecule has 0 aliphatic heterocycles. The van der Waals surface area contributed by atoms with Crippen molar-refractivity contribution < 1.29 is 17.2 Å². The first-order valence-electron chi connectivity index (χ1n) is 5.33. The Balaban J connectivity index is 2.97. The Kier molecular flexibility index (Phi) is 4.41. The quantitative estimate of drug-likeness (QED) is 0.851. The van der Waals surface area contributed by atoms with Gasteiger partial charge in [-0.1, -0.05) is 13.8 Å². The minimum Gasteiger partial charge on any atom is -0.330 e. The van der Waals surface area contributed by atoms with Gasteiger partial charge in [-0.2, -0.15) is 0 Å². The highest BCUT2D eigenvalue weighted by Gasteiger charge is 2.23. The van der Waals surface area contributed by atoms with Gasteiger partial charge in [-0.3, -0.25) is 0 Å². The average Bonchev–Trinajstić information content (AvgIpc) is 2.30. The van der Waals surface area contributed by atoms with E-state index in [9.17, 15) is 17.2 Å². The smallest absolute Gasteiger partial charge is 0.243 e. The fourth-order valence-electron chi connectivity index (χ4n) is 1.12. The van der Waals surface area contributed by atoms with Crippen molar-refractivity contribution in [1.29, 1.82) is 0 Å². The van der Waals surface area contributed by atoms with E-state index in [1.165, 1.54) is 0 Å². The molecule has 4 nitrogen and oxygen atoms in total. The molecular formula is C11H16F2N2O2S. The van der Waals surface area contributed by atoms with Crippen molar-refractivity contribution in [2.24, 2.45) is 11.1 Å². The van der Waals surface area contributed by atoms with E-state index in [0.29, 0.717) is 6.07 Å². The molecule has 0 fully saturated rings. The third kappa shape index (κ3) is 3.72. The number of sulfonamides is 1. The summed E-state index contributed by atoms with van der Waals surface area (Å²) in [5, 5.41) is 0. The summed E-state index contributed by atoms with van der Waals surface area (Å²) in [6, 6.07) is 2.28. The standard InChI is InChI=1S/C11H16F2N2O2S/c1-11(2,6-14)7-15-18(16,17)10-5-8(12)3-4-9(10)13/h3-5,15H,6-7,14H2,1-2H3. The molecule has 0 saturated heterocycles. The normalized spacial score (nSPS) is 12.7. The van der Waals surface area contributed by atoms with Crippen LogP contribution in [-0.2, 0) is 10.0 Å². The summed E-state index contributed by atoms with van der Waals surface area (Å²) in [6.07, 6.45) is 0. The summed E-state index contributed by atoms with van der Waals surface area (Å²) in [5.74, 6) is -1.80. The number of rotatable bonds is 5. The first-order valence-corrected chi connectivity index (χ1v) is 6.81. The van der Waals surface area contributed by atoms with E-state index >= 15 is 0 Å². The average molecular weight is 278 g/mol. The van der Waals surface area contributed by atoms with Gasteiger partial charge in [0.1, 0.15) is 16.5 Å². The molecular weight excluding hydrogens is 262 g/mol. The van der Waals surface area contributed by atoms with Crippen molar-refractivity contribution >= 4 is 10.0 Å². The molecule has 0 bridgehead atoms. The van der Waals surface area contributed by atoms with E-state index in [1.807, 2.05) is 0 Å². The van der Waals surface area contributed by atoms with E-state index in [2.05, 4.69) is 4.72 Å². The number of nitrogens with two attached hydrogens (primary N) is 1. The van der Waals surface area contributed by atoms with Gasteiger partial charge in [-0.15, -0.1) is 0 Å². The summed E-state index contributed by atoms with van der Waals surface area (Å²) in [4.78, 5) is -0.699. The highest BCUT2D eigenvalue weighted by Crippen LogP contribution is 2.17. The molecule has 3 N–H and O–H groups in total. The predicted molar refractivity (Wildman–Crippen MR) is 64.4 cm³/mol. The molecule has 1 rings (SSSR count). The molecule has 0 heterocycles. The topological polar surface area (TPSA) is 72.2 Å². The summed E-state index contributed by atoms with van der Waals surface area (Å²) in [5.41, 5.74) is 5.00. The second kappa shape index (κ2) is 5.29. The van der Waals surface area contributed by atoms with Gasteiger partial charge >= 0.3 is 0 Å². The molecule has 0 radical (unpaired) electrons. The SMILES string of the molecule is CC(C)(CN)CNS(=O)(=O)c1cc(F)ccc1F. The maximum absolute atomic E-state index is 13.4. The van der Waals surface area contributed by atoms with E-state index < -0.39 is 32.0 Å². The lowest BCUT2D eigenvalue weighted by atomic mass is 9.95.